The summed E-state index contributed by atoms with van der Waals surface area (Å²) in [5.41, 5.74) is 1.91. The topological polar surface area (TPSA) is 83.9 Å². The summed E-state index contributed by atoms with van der Waals surface area (Å²) in [4.78, 5) is 37.8. The van der Waals surface area contributed by atoms with Crippen molar-refractivity contribution in [1.29, 1.82) is 0 Å². The summed E-state index contributed by atoms with van der Waals surface area (Å²) in [5.74, 6) is -1.56. The monoisotopic (exact) mass is 357 g/mol. The van der Waals surface area contributed by atoms with E-state index in [-0.39, 0.29) is 35.1 Å². The second-order valence-electron chi connectivity index (χ2n) is 6.48. The summed E-state index contributed by atoms with van der Waals surface area (Å²) in [7, 11) is 0. The molecule has 0 atom stereocenters. The maximum absolute atomic E-state index is 12.9. The van der Waals surface area contributed by atoms with Gasteiger partial charge >= 0.3 is 11.9 Å². The Morgan fingerprint density at radius 2 is 1.85 bits per heavy atom. The first kappa shape index (κ1) is 19.4. The molecule has 1 amide bonds. The van der Waals surface area contributed by atoms with Gasteiger partial charge in [-0.2, -0.15) is 0 Å². The summed E-state index contributed by atoms with van der Waals surface area (Å²) in [6.45, 7) is 8.16. The molecule has 1 aliphatic rings. The second-order valence-corrected chi connectivity index (χ2v) is 6.48. The van der Waals surface area contributed by atoms with Gasteiger partial charge in [-0.05, 0) is 43.5 Å². The van der Waals surface area contributed by atoms with E-state index < -0.39 is 11.9 Å². The van der Waals surface area contributed by atoms with Gasteiger partial charge in [-0.25, -0.2) is 9.59 Å². The van der Waals surface area contributed by atoms with Crippen molar-refractivity contribution in [2.75, 3.05) is 13.2 Å². The van der Waals surface area contributed by atoms with Gasteiger partial charge in [0.2, 0.25) is 0 Å². The molecule has 0 aliphatic carbocycles. The highest BCUT2D eigenvalue weighted by Gasteiger charge is 2.37. The Bertz CT molecular complexity index is 787. The molecule has 0 saturated heterocycles. The van der Waals surface area contributed by atoms with E-state index in [0.717, 1.165) is 0 Å². The SMILES string of the molecule is CCOC(=O)C1=C(C)N(CC(C)C)C(=O)/C1=C\c1ccc(C(=O)O)cc1. The number of benzene rings is 1. The normalized spacial score (nSPS) is 16.0. The molecule has 1 N–H and O–H groups in total. The van der Waals surface area contributed by atoms with Gasteiger partial charge in [-0.1, -0.05) is 26.0 Å². The number of allylic oxidation sites excluding steroid dienone is 1. The number of esters is 1. The van der Waals surface area contributed by atoms with Crippen LogP contribution in [0.25, 0.3) is 6.08 Å². The minimum Gasteiger partial charge on any atom is -0.478 e. The summed E-state index contributed by atoms with van der Waals surface area (Å²) < 4.78 is 5.12. The average Bonchev–Trinajstić information content (AvgIpc) is 2.79. The van der Waals surface area contributed by atoms with Crippen molar-refractivity contribution < 1.29 is 24.2 Å². The summed E-state index contributed by atoms with van der Waals surface area (Å²) >= 11 is 0. The first-order valence-corrected chi connectivity index (χ1v) is 8.51. The molecule has 1 heterocycles. The molecule has 1 aromatic carbocycles. The third-order valence-corrected chi connectivity index (χ3v) is 4.01. The van der Waals surface area contributed by atoms with Crippen LogP contribution in [0.4, 0.5) is 0 Å². The minimum atomic E-state index is -1.02. The molecule has 2 rings (SSSR count). The van der Waals surface area contributed by atoms with E-state index in [2.05, 4.69) is 0 Å². The van der Waals surface area contributed by atoms with Gasteiger partial charge in [-0.3, -0.25) is 4.79 Å². The third kappa shape index (κ3) is 4.02. The average molecular weight is 357 g/mol. The van der Waals surface area contributed by atoms with Gasteiger partial charge in [0.25, 0.3) is 5.91 Å². The zero-order valence-electron chi connectivity index (χ0n) is 15.4. The Morgan fingerprint density at radius 3 is 2.35 bits per heavy atom. The van der Waals surface area contributed by atoms with E-state index in [4.69, 9.17) is 9.84 Å². The van der Waals surface area contributed by atoms with Gasteiger partial charge in [0.05, 0.1) is 23.3 Å². The molecule has 0 spiro atoms. The lowest BCUT2D eigenvalue weighted by atomic mass is 10.0. The maximum atomic E-state index is 12.9. The third-order valence-electron chi connectivity index (χ3n) is 4.01. The van der Waals surface area contributed by atoms with Crippen molar-refractivity contribution in [3.63, 3.8) is 0 Å². The maximum Gasteiger partial charge on any atom is 0.340 e. The van der Waals surface area contributed by atoms with Crippen LogP contribution in [0.2, 0.25) is 0 Å². The molecule has 1 aliphatic heterocycles. The van der Waals surface area contributed by atoms with Crippen LogP contribution >= 0.6 is 0 Å². The van der Waals surface area contributed by atoms with Gasteiger partial charge in [0.15, 0.2) is 0 Å². The van der Waals surface area contributed by atoms with Crippen LogP contribution in [-0.4, -0.2) is 41.0 Å². The Kier molecular flexibility index (Phi) is 5.97. The van der Waals surface area contributed by atoms with Gasteiger partial charge in [0, 0.05) is 12.2 Å². The molecule has 6 heteroatoms. The molecule has 26 heavy (non-hydrogen) atoms. The van der Waals surface area contributed by atoms with Crippen LogP contribution in [0.5, 0.6) is 0 Å². The smallest absolute Gasteiger partial charge is 0.340 e. The Hall–Kier alpha value is -2.89. The number of amides is 1. The number of carboxylic acid groups (broad SMARTS) is 1. The van der Waals surface area contributed by atoms with E-state index >= 15 is 0 Å². The Balaban J connectivity index is 2.47. The molecule has 1 aromatic rings. The first-order valence-electron chi connectivity index (χ1n) is 8.51. The van der Waals surface area contributed by atoms with Crippen LogP contribution in [0, 0.1) is 5.92 Å². The van der Waals surface area contributed by atoms with Crippen molar-refractivity contribution >= 4 is 23.9 Å². The van der Waals surface area contributed by atoms with Crippen LogP contribution in [0.15, 0.2) is 41.1 Å². The standard InChI is InChI=1S/C20H23NO5/c1-5-26-20(25)17-13(4)21(11-12(2)3)18(22)16(17)10-14-6-8-15(9-7-14)19(23)24/h6-10,12H,5,11H2,1-4H3,(H,23,24)/b16-10-. The molecule has 138 valence electrons. The zero-order chi connectivity index (χ0) is 19.4. The first-order chi connectivity index (χ1) is 12.3. The number of rotatable bonds is 6. The van der Waals surface area contributed by atoms with Crippen LogP contribution < -0.4 is 0 Å². The number of hydrogen-bond donors (Lipinski definition) is 1. The van der Waals surface area contributed by atoms with E-state index in [1.165, 1.54) is 12.1 Å². The van der Waals surface area contributed by atoms with Crippen molar-refractivity contribution in [2.24, 2.45) is 5.92 Å². The van der Waals surface area contributed by atoms with Crippen molar-refractivity contribution in [3.05, 3.63) is 52.2 Å². The number of carboxylic acids is 1. The summed E-state index contributed by atoms with van der Waals surface area (Å²) in [5, 5.41) is 8.98. The van der Waals surface area contributed by atoms with Gasteiger partial charge in [-0.15, -0.1) is 0 Å². The number of hydrogen-bond acceptors (Lipinski definition) is 4. The highest BCUT2D eigenvalue weighted by atomic mass is 16.5. The van der Waals surface area contributed by atoms with Crippen molar-refractivity contribution in [2.45, 2.75) is 27.7 Å². The van der Waals surface area contributed by atoms with Gasteiger partial charge in [0.1, 0.15) is 0 Å². The second kappa shape index (κ2) is 7.99. The largest absolute Gasteiger partial charge is 0.478 e. The van der Waals surface area contributed by atoms with Gasteiger partial charge < -0.3 is 14.7 Å². The van der Waals surface area contributed by atoms with Crippen molar-refractivity contribution in [3.8, 4) is 0 Å². The fraction of sp³-hybridized carbons (Fsp3) is 0.350. The van der Waals surface area contributed by atoms with Crippen molar-refractivity contribution in [1.82, 2.24) is 4.90 Å². The van der Waals surface area contributed by atoms with Crippen LogP contribution in [-0.2, 0) is 14.3 Å². The number of carbonyl (C=O) groups is 3. The molecular weight excluding hydrogens is 334 g/mol. The lowest BCUT2D eigenvalue weighted by molar-refractivity contribution is -0.138. The predicted molar refractivity (Wildman–Crippen MR) is 97.3 cm³/mol. The number of nitrogens with zero attached hydrogens (tertiary/aromatic N) is 1. The molecule has 0 unspecified atom stereocenters. The van der Waals surface area contributed by atoms with Crippen LogP contribution in [0.1, 0.15) is 43.6 Å². The fourth-order valence-electron chi connectivity index (χ4n) is 2.80. The molecule has 0 bridgehead atoms. The molecular formula is C20H23NO5. The highest BCUT2D eigenvalue weighted by Crippen LogP contribution is 2.32. The Morgan fingerprint density at radius 1 is 1.23 bits per heavy atom. The molecule has 6 nitrogen and oxygen atoms in total. The molecule has 0 aromatic heterocycles. The van der Waals surface area contributed by atoms with E-state index in [1.807, 2.05) is 13.8 Å². The van der Waals surface area contributed by atoms with E-state index in [0.29, 0.717) is 17.8 Å². The quantitative estimate of drug-likeness (QED) is 0.625. The summed E-state index contributed by atoms with van der Waals surface area (Å²) in [6, 6.07) is 6.13. The Labute approximate surface area is 152 Å². The zero-order valence-corrected chi connectivity index (χ0v) is 15.4. The molecule has 0 fully saturated rings. The van der Waals surface area contributed by atoms with E-state index in [9.17, 15) is 14.4 Å². The fourth-order valence-corrected chi connectivity index (χ4v) is 2.80. The van der Waals surface area contributed by atoms with Crippen LogP contribution in [0.3, 0.4) is 0 Å². The number of aromatic carboxylic acids is 1. The highest BCUT2D eigenvalue weighted by molar-refractivity contribution is 6.16. The lowest BCUT2D eigenvalue weighted by Gasteiger charge is -2.19. The number of ether oxygens (including phenoxy) is 1. The summed E-state index contributed by atoms with van der Waals surface area (Å²) in [6.07, 6.45) is 1.60. The lowest BCUT2D eigenvalue weighted by Crippen LogP contribution is -2.28. The van der Waals surface area contributed by atoms with E-state index in [1.54, 1.807) is 37.0 Å². The molecule has 0 saturated carbocycles. The molecule has 0 radical (unpaired) electrons. The minimum absolute atomic E-state index is 0.156. The number of carbonyl (C=O) groups excluding carboxylic acids is 2. The predicted octanol–water partition coefficient (Wildman–Crippen LogP) is 3.10.